The van der Waals surface area contributed by atoms with E-state index in [1.54, 1.807) is 0 Å². The van der Waals surface area contributed by atoms with Crippen LogP contribution in [0.25, 0.3) is 0 Å². The summed E-state index contributed by atoms with van der Waals surface area (Å²) in [5.74, 6) is 1.22. The van der Waals surface area contributed by atoms with Crippen molar-refractivity contribution in [1.82, 2.24) is 15.0 Å². The highest BCUT2D eigenvalue weighted by atomic mass is 15.4. The normalized spacial score (nSPS) is 15.3. The van der Waals surface area contributed by atoms with Crippen molar-refractivity contribution < 1.29 is 0 Å². The average molecular weight is 279 g/mol. The van der Waals surface area contributed by atoms with Gasteiger partial charge in [-0.3, -0.25) is 0 Å². The predicted octanol–water partition coefficient (Wildman–Crippen LogP) is 5.13. The fourth-order valence-electron chi connectivity index (χ4n) is 3.33. The minimum absolute atomic E-state index is 0.127. The molecule has 116 valence electrons. The molecule has 0 fully saturated rings. The van der Waals surface area contributed by atoms with Gasteiger partial charge in [-0.15, -0.1) is 5.10 Å². The third-order valence-electron chi connectivity index (χ3n) is 4.79. The molecule has 1 rings (SSSR count). The molecule has 0 saturated heterocycles. The van der Waals surface area contributed by atoms with Crippen LogP contribution in [0.1, 0.15) is 91.7 Å². The summed E-state index contributed by atoms with van der Waals surface area (Å²) in [5.41, 5.74) is 1.31. The van der Waals surface area contributed by atoms with Crippen LogP contribution in [0.4, 0.5) is 0 Å². The van der Waals surface area contributed by atoms with E-state index in [2.05, 4.69) is 62.7 Å². The summed E-state index contributed by atoms with van der Waals surface area (Å²) in [6.45, 7) is 13.7. The molecule has 0 radical (unpaired) electrons. The fourth-order valence-corrected chi connectivity index (χ4v) is 3.33. The zero-order valence-electron chi connectivity index (χ0n) is 14.3. The van der Waals surface area contributed by atoms with Gasteiger partial charge in [-0.25, -0.2) is 4.68 Å². The summed E-state index contributed by atoms with van der Waals surface area (Å²) in [6, 6.07) is 0. The van der Waals surface area contributed by atoms with Gasteiger partial charge in [-0.1, -0.05) is 59.1 Å². The van der Waals surface area contributed by atoms with Crippen molar-refractivity contribution in [3.05, 3.63) is 11.9 Å². The molecule has 0 aliphatic heterocycles. The first-order valence-corrected chi connectivity index (χ1v) is 8.45. The van der Waals surface area contributed by atoms with Gasteiger partial charge in [0, 0.05) is 12.1 Å². The Morgan fingerprint density at radius 2 is 1.70 bits per heavy atom. The zero-order chi connectivity index (χ0) is 15.2. The molecule has 0 bridgehead atoms. The minimum Gasteiger partial charge on any atom is -0.246 e. The lowest BCUT2D eigenvalue weighted by Crippen LogP contribution is -2.30. The number of aromatic nitrogens is 3. The van der Waals surface area contributed by atoms with E-state index in [4.69, 9.17) is 0 Å². The molecule has 2 unspecified atom stereocenters. The van der Waals surface area contributed by atoms with E-state index in [-0.39, 0.29) is 5.54 Å². The summed E-state index contributed by atoms with van der Waals surface area (Å²) < 4.78 is 2.14. The molecule has 0 aliphatic rings. The maximum atomic E-state index is 4.50. The standard InChI is InChI=1S/C17H33N3/c1-7-11-17(6,12-8-2)20-13-16(18-19-20)15(10-4)14(5)9-3/h13-15H,7-12H2,1-6H3. The summed E-state index contributed by atoms with van der Waals surface area (Å²) in [4.78, 5) is 0. The van der Waals surface area contributed by atoms with Gasteiger partial charge in [0.05, 0.1) is 11.2 Å². The van der Waals surface area contributed by atoms with E-state index < -0.39 is 0 Å². The molecule has 0 spiro atoms. The van der Waals surface area contributed by atoms with Crippen molar-refractivity contribution in [2.24, 2.45) is 5.92 Å². The van der Waals surface area contributed by atoms with E-state index in [0.29, 0.717) is 11.8 Å². The van der Waals surface area contributed by atoms with E-state index >= 15 is 0 Å². The molecule has 0 N–H and O–H groups in total. The van der Waals surface area contributed by atoms with Crippen LogP contribution in [0.2, 0.25) is 0 Å². The average Bonchev–Trinajstić information content (AvgIpc) is 2.90. The first-order valence-electron chi connectivity index (χ1n) is 8.45. The summed E-state index contributed by atoms with van der Waals surface area (Å²) in [5, 5.41) is 8.98. The topological polar surface area (TPSA) is 30.7 Å². The van der Waals surface area contributed by atoms with Crippen molar-refractivity contribution in [2.75, 3.05) is 0 Å². The van der Waals surface area contributed by atoms with Crippen LogP contribution in [0.15, 0.2) is 6.20 Å². The van der Waals surface area contributed by atoms with Crippen LogP contribution >= 0.6 is 0 Å². The second kappa shape index (κ2) is 7.80. The number of hydrogen-bond acceptors (Lipinski definition) is 2. The highest BCUT2D eigenvalue weighted by Gasteiger charge is 2.28. The molecular formula is C17H33N3. The Hall–Kier alpha value is -0.860. The van der Waals surface area contributed by atoms with Crippen molar-refractivity contribution in [3.63, 3.8) is 0 Å². The van der Waals surface area contributed by atoms with Gasteiger partial charge in [-0.2, -0.15) is 0 Å². The molecular weight excluding hydrogens is 246 g/mol. The maximum Gasteiger partial charge on any atom is 0.0860 e. The predicted molar refractivity (Wildman–Crippen MR) is 86.0 cm³/mol. The van der Waals surface area contributed by atoms with Crippen LogP contribution in [-0.4, -0.2) is 15.0 Å². The minimum atomic E-state index is 0.127. The first-order chi connectivity index (χ1) is 9.52. The number of rotatable bonds is 9. The second-order valence-corrected chi connectivity index (χ2v) is 6.49. The Morgan fingerprint density at radius 3 is 2.15 bits per heavy atom. The summed E-state index contributed by atoms with van der Waals surface area (Å²) in [6.07, 6.45) is 9.28. The molecule has 0 aliphatic carbocycles. The third-order valence-corrected chi connectivity index (χ3v) is 4.79. The Morgan fingerprint density at radius 1 is 1.10 bits per heavy atom. The van der Waals surface area contributed by atoms with Gasteiger partial charge in [-0.05, 0) is 32.1 Å². The Kier molecular flexibility index (Phi) is 6.70. The van der Waals surface area contributed by atoms with Crippen LogP contribution in [0.3, 0.4) is 0 Å². The van der Waals surface area contributed by atoms with Crippen molar-refractivity contribution >= 4 is 0 Å². The van der Waals surface area contributed by atoms with Crippen LogP contribution in [-0.2, 0) is 5.54 Å². The van der Waals surface area contributed by atoms with Gasteiger partial charge in [0.1, 0.15) is 0 Å². The molecule has 0 aromatic carbocycles. The summed E-state index contributed by atoms with van der Waals surface area (Å²) >= 11 is 0. The van der Waals surface area contributed by atoms with E-state index in [9.17, 15) is 0 Å². The Labute approximate surface area is 125 Å². The van der Waals surface area contributed by atoms with Gasteiger partial charge in [0.15, 0.2) is 0 Å². The third kappa shape index (κ3) is 3.83. The zero-order valence-corrected chi connectivity index (χ0v) is 14.3. The Balaban J connectivity index is 2.99. The van der Waals surface area contributed by atoms with Crippen molar-refractivity contribution in [2.45, 2.75) is 91.5 Å². The first kappa shape index (κ1) is 17.2. The highest BCUT2D eigenvalue weighted by molar-refractivity contribution is 5.05. The van der Waals surface area contributed by atoms with Crippen LogP contribution in [0.5, 0.6) is 0 Å². The van der Waals surface area contributed by atoms with E-state index in [1.165, 1.54) is 37.8 Å². The molecule has 20 heavy (non-hydrogen) atoms. The molecule has 1 aromatic rings. The lowest BCUT2D eigenvalue weighted by atomic mass is 9.87. The van der Waals surface area contributed by atoms with Crippen LogP contribution < -0.4 is 0 Å². The highest BCUT2D eigenvalue weighted by Crippen LogP contribution is 2.31. The van der Waals surface area contributed by atoms with Crippen molar-refractivity contribution in [3.8, 4) is 0 Å². The molecule has 3 heteroatoms. The molecule has 3 nitrogen and oxygen atoms in total. The van der Waals surface area contributed by atoms with Gasteiger partial charge >= 0.3 is 0 Å². The molecule has 0 amide bonds. The van der Waals surface area contributed by atoms with E-state index in [0.717, 1.165) is 6.42 Å². The smallest absolute Gasteiger partial charge is 0.0860 e. The van der Waals surface area contributed by atoms with Gasteiger partial charge in [0.2, 0.25) is 0 Å². The van der Waals surface area contributed by atoms with Crippen molar-refractivity contribution in [1.29, 1.82) is 0 Å². The molecule has 1 heterocycles. The van der Waals surface area contributed by atoms with Gasteiger partial charge < -0.3 is 0 Å². The molecule has 0 saturated carbocycles. The SMILES string of the molecule is CCCC(C)(CCC)n1cc(C(CC)C(C)CC)nn1. The quantitative estimate of drug-likeness (QED) is 0.627. The maximum absolute atomic E-state index is 4.50. The lowest BCUT2D eigenvalue weighted by Gasteiger charge is -2.29. The fraction of sp³-hybridized carbons (Fsp3) is 0.882. The van der Waals surface area contributed by atoms with Crippen LogP contribution in [0, 0.1) is 5.92 Å². The Bertz CT molecular complexity index is 377. The van der Waals surface area contributed by atoms with Gasteiger partial charge in [0.25, 0.3) is 0 Å². The molecule has 1 aromatic heterocycles. The summed E-state index contributed by atoms with van der Waals surface area (Å²) in [7, 11) is 0. The second-order valence-electron chi connectivity index (χ2n) is 6.49. The molecule has 2 atom stereocenters. The number of hydrogen-bond donors (Lipinski definition) is 0. The monoisotopic (exact) mass is 279 g/mol. The lowest BCUT2D eigenvalue weighted by molar-refractivity contribution is 0.234. The van der Waals surface area contributed by atoms with E-state index in [1.807, 2.05) is 0 Å². The number of nitrogens with zero attached hydrogens (tertiary/aromatic N) is 3. The largest absolute Gasteiger partial charge is 0.246 e.